The van der Waals surface area contributed by atoms with E-state index in [-0.39, 0.29) is 11.5 Å². The van der Waals surface area contributed by atoms with Crippen LogP contribution in [0.5, 0.6) is 0 Å². The number of aliphatic hydroxyl groups excluding tert-OH is 1. The average Bonchev–Trinajstić information content (AvgIpc) is 3.03. The normalized spacial score (nSPS) is 44.9. The van der Waals surface area contributed by atoms with Crippen molar-refractivity contribution in [1.82, 2.24) is 0 Å². The highest BCUT2D eigenvalue weighted by atomic mass is 16.3. The van der Waals surface area contributed by atoms with Gasteiger partial charge >= 0.3 is 0 Å². The minimum Gasteiger partial charge on any atom is -0.393 e. The molecule has 176 valence electrons. The van der Waals surface area contributed by atoms with E-state index in [1.54, 1.807) is 0 Å². The number of hydrogen-bond acceptors (Lipinski definition) is 1. The lowest BCUT2D eigenvalue weighted by Gasteiger charge is -2.69. The van der Waals surface area contributed by atoms with Crippen molar-refractivity contribution in [1.29, 1.82) is 0 Å². The molecule has 0 aromatic rings. The number of aliphatic hydroxyl groups is 1. The van der Waals surface area contributed by atoms with E-state index in [4.69, 9.17) is 0 Å². The molecule has 0 aromatic heterocycles. The SMILES string of the molecule is CC(C)=CCC[C@@H](C)C1=C2CC[C@H]3[C@@]4(C)CC[C@H](O)C(C)(C)[C@@H]4CC[C@]3(C)[C@@]2(C)CC1. The highest BCUT2D eigenvalue weighted by molar-refractivity contribution is 5.36. The molecule has 0 aromatic carbocycles. The van der Waals surface area contributed by atoms with Crippen LogP contribution in [0.4, 0.5) is 0 Å². The lowest BCUT2D eigenvalue weighted by Crippen LogP contribution is -2.62. The minimum atomic E-state index is -0.121. The molecule has 0 bridgehead atoms. The highest BCUT2D eigenvalue weighted by Crippen LogP contribution is 2.74. The molecule has 0 heterocycles. The molecule has 0 aliphatic heterocycles. The fourth-order valence-corrected chi connectivity index (χ4v) is 9.59. The second-order valence-corrected chi connectivity index (χ2v) is 13.6. The number of hydrogen-bond donors (Lipinski definition) is 1. The molecule has 4 aliphatic rings. The zero-order valence-electron chi connectivity index (χ0n) is 21.9. The van der Waals surface area contributed by atoms with Crippen LogP contribution in [0.25, 0.3) is 0 Å². The van der Waals surface area contributed by atoms with Gasteiger partial charge in [0, 0.05) is 0 Å². The van der Waals surface area contributed by atoms with Crippen LogP contribution in [0.2, 0.25) is 0 Å². The summed E-state index contributed by atoms with van der Waals surface area (Å²) in [6.07, 6.45) is 15.2. The molecular weight excluding hydrogens is 376 g/mol. The van der Waals surface area contributed by atoms with Crippen molar-refractivity contribution in [2.75, 3.05) is 0 Å². The number of rotatable bonds is 4. The van der Waals surface area contributed by atoms with Crippen molar-refractivity contribution < 1.29 is 5.11 Å². The standard InChI is InChI=1S/C30H50O/c1-20(2)10-9-11-21(3)22-14-18-29(7)23(22)12-13-25-28(6)17-16-26(31)27(4,5)24(28)15-19-30(25,29)8/h10,21,24-26,31H,9,11-19H2,1-8H3/t21-,24+,25+,26+,28+,29+,30+/m1/s1. The fourth-order valence-electron chi connectivity index (χ4n) is 9.59. The van der Waals surface area contributed by atoms with Crippen LogP contribution in [-0.2, 0) is 0 Å². The summed E-state index contributed by atoms with van der Waals surface area (Å²) < 4.78 is 0. The Morgan fingerprint density at radius 3 is 2.35 bits per heavy atom. The lowest BCUT2D eigenvalue weighted by molar-refractivity contribution is -0.200. The predicted octanol–water partition coefficient (Wildman–Crippen LogP) is 8.48. The Bertz CT molecular complexity index is 767. The summed E-state index contributed by atoms with van der Waals surface area (Å²) in [5, 5.41) is 10.8. The average molecular weight is 427 g/mol. The van der Waals surface area contributed by atoms with Crippen LogP contribution in [0, 0.1) is 39.4 Å². The van der Waals surface area contributed by atoms with E-state index < -0.39 is 0 Å². The van der Waals surface area contributed by atoms with Crippen LogP contribution >= 0.6 is 0 Å². The van der Waals surface area contributed by atoms with E-state index in [2.05, 4.69) is 61.5 Å². The van der Waals surface area contributed by atoms with Gasteiger partial charge in [-0.1, -0.05) is 64.3 Å². The molecule has 3 fully saturated rings. The third kappa shape index (κ3) is 3.34. The Kier molecular flexibility index (Phi) is 5.90. The summed E-state index contributed by atoms with van der Waals surface area (Å²) in [5.74, 6) is 2.21. The molecule has 31 heavy (non-hydrogen) atoms. The van der Waals surface area contributed by atoms with E-state index >= 15 is 0 Å². The Morgan fingerprint density at radius 1 is 0.968 bits per heavy atom. The van der Waals surface area contributed by atoms with Gasteiger partial charge in [-0.15, -0.1) is 0 Å². The van der Waals surface area contributed by atoms with Crippen LogP contribution in [0.15, 0.2) is 22.8 Å². The third-order valence-corrected chi connectivity index (χ3v) is 11.7. The van der Waals surface area contributed by atoms with Crippen molar-refractivity contribution in [2.24, 2.45) is 39.4 Å². The summed E-state index contributed by atoms with van der Waals surface area (Å²) in [5.41, 5.74) is 6.45. The topological polar surface area (TPSA) is 20.2 Å². The van der Waals surface area contributed by atoms with E-state index in [1.807, 2.05) is 11.1 Å². The summed E-state index contributed by atoms with van der Waals surface area (Å²) in [6.45, 7) is 19.7. The van der Waals surface area contributed by atoms with Crippen molar-refractivity contribution >= 4 is 0 Å². The Morgan fingerprint density at radius 2 is 1.68 bits per heavy atom. The third-order valence-electron chi connectivity index (χ3n) is 11.7. The van der Waals surface area contributed by atoms with Gasteiger partial charge in [0.1, 0.15) is 0 Å². The lowest BCUT2D eigenvalue weighted by atomic mass is 9.36. The summed E-state index contributed by atoms with van der Waals surface area (Å²) in [6, 6.07) is 0. The minimum absolute atomic E-state index is 0.0611. The number of allylic oxidation sites excluding steroid dienone is 4. The molecular formula is C30H50O. The van der Waals surface area contributed by atoms with Gasteiger partial charge in [0.2, 0.25) is 0 Å². The van der Waals surface area contributed by atoms with Gasteiger partial charge in [0.05, 0.1) is 6.10 Å². The van der Waals surface area contributed by atoms with Gasteiger partial charge in [0.25, 0.3) is 0 Å². The van der Waals surface area contributed by atoms with E-state index in [0.29, 0.717) is 22.2 Å². The molecule has 0 saturated heterocycles. The van der Waals surface area contributed by atoms with Gasteiger partial charge < -0.3 is 5.11 Å². The maximum atomic E-state index is 10.8. The first-order chi connectivity index (χ1) is 14.4. The van der Waals surface area contributed by atoms with E-state index in [9.17, 15) is 5.11 Å². The largest absolute Gasteiger partial charge is 0.393 e. The monoisotopic (exact) mass is 426 g/mol. The molecule has 4 rings (SSSR count). The molecule has 0 radical (unpaired) electrons. The van der Waals surface area contributed by atoms with Crippen LogP contribution in [0.1, 0.15) is 120 Å². The molecule has 7 atom stereocenters. The summed E-state index contributed by atoms with van der Waals surface area (Å²) in [7, 11) is 0. The molecule has 1 nitrogen and oxygen atoms in total. The Labute approximate surface area is 193 Å². The molecule has 1 N–H and O–H groups in total. The molecule has 1 heteroatoms. The zero-order chi connectivity index (χ0) is 22.8. The molecule has 0 spiro atoms. The molecule has 0 amide bonds. The zero-order valence-corrected chi connectivity index (χ0v) is 21.9. The van der Waals surface area contributed by atoms with Crippen molar-refractivity contribution in [2.45, 2.75) is 126 Å². The van der Waals surface area contributed by atoms with Crippen LogP contribution in [0.3, 0.4) is 0 Å². The molecule has 4 aliphatic carbocycles. The Balaban J connectivity index is 1.64. The van der Waals surface area contributed by atoms with E-state index in [0.717, 1.165) is 18.3 Å². The summed E-state index contributed by atoms with van der Waals surface area (Å²) in [4.78, 5) is 0. The fraction of sp³-hybridized carbons (Fsp3) is 0.867. The maximum Gasteiger partial charge on any atom is 0.0594 e. The molecule has 0 unspecified atom stereocenters. The van der Waals surface area contributed by atoms with Crippen LogP contribution in [-0.4, -0.2) is 11.2 Å². The van der Waals surface area contributed by atoms with Crippen molar-refractivity contribution in [3.05, 3.63) is 22.8 Å². The Hall–Kier alpha value is -0.560. The van der Waals surface area contributed by atoms with E-state index in [1.165, 1.54) is 63.4 Å². The quantitative estimate of drug-likeness (QED) is 0.447. The highest BCUT2D eigenvalue weighted by Gasteiger charge is 2.66. The van der Waals surface area contributed by atoms with Crippen molar-refractivity contribution in [3.8, 4) is 0 Å². The number of fused-ring (bicyclic) bond motifs is 5. The van der Waals surface area contributed by atoms with Gasteiger partial charge in [-0.05, 0) is 117 Å². The first-order valence-electron chi connectivity index (χ1n) is 13.4. The first kappa shape index (κ1) is 23.6. The predicted molar refractivity (Wildman–Crippen MR) is 133 cm³/mol. The second kappa shape index (κ2) is 7.75. The van der Waals surface area contributed by atoms with Crippen molar-refractivity contribution in [3.63, 3.8) is 0 Å². The molecule has 3 saturated carbocycles. The van der Waals surface area contributed by atoms with Gasteiger partial charge in [-0.3, -0.25) is 0 Å². The summed E-state index contributed by atoms with van der Waals surface area (Å²) >= 11 is 0. The first-order valence-corrected chi connectivity index (χ1v) is 13.4. The van der Waals surface area contributed by atoms with Gasteiger partial charge in [-0.25, -0.2) is 0 Å². The second-order valence-electron chi connectivity index (χ2n) is 13.6. The maximum absolute atomic E-state index is 10.8. The van der Waals surface area contributed by atoms with Gasteiger partial charge in [-0.2, -0.15) is 0 Å². The smallest absolute Gasteiger partial charge is 0.0594 e. The van der Waals surface area contributed by atoms with Crippen LogP contribution < -0.4 is 0 Å². The van der Waals surface area contributed by atoms with Gasteiger partial charge in [0.15, 0.2) is 0 Å².